The second kappa shape index (κ2) is 5.03. The average Bonchev–Trinajstić information content (AvgIpc) is 2.41. The molecule has 94 valence electrons. The zero-order chi connectivity index (χ0) is 13.2. The first-order valence-corrected chi connectivity index (χ1v) is 6.41. The molecule has 5 heteroatoms. The summed E-state index contributed by atoms with van der Waals surface area (Å²) in [5.41, 5.74) is 1.59. The van der Waals surface area contributed by atoms with Gasteiger partial charge in [0.15, 0.2) is 0 Å². The number of fused-ring (bicyclic) bond motifs is 1. The Hall–Kier alpha value is -1.84. The minimum atomic E-state index is 0.642. The monoisotopic (exact) mass is 289 g/mol. The molecule has 0 spiro atoms. The van der Waals surface area contributed by atoms with Gasteiger partial charge in [-0.2, -0.15) is 0 Å². The number of hydrogen-bond donors (Lipinski definition) is 1. The predicted octanol–water partition coefficient (Wildman–Crippen LogP) is 4.68. The molecule has 1 heterocycles. The Bertz CT molecular complexity index is 744. The lowest BCUT2D eigenvalue weighted by molar-refractivity contribution is 1.22. The van der Waals surface area contributed by atoms with Crippen molar-refractivity contribution in [3.63, 3.8) is 0 Å². The third-order valence-corrected chi connectivity index (χ3v) is 3.29. The molecule has 1 aromatic heterocycles. The van der Waals surface area contributed by atoms with Crippen molar-refractivity contribution in [1.29, 1.82) is 0 Å². The fourth-order valence-electron chi connectivity index (χ4n) is 1.82. The highest BCUT2D eigenvalue weighted by Gasteiger charge is 2.06. The van der Waals surface area contributed by atoms with Gasteiger partial charge in [0.25, 0.3) is 0 Å². The Morgan fingerprint density at radius 3 is 2.63 bits per heavy atom. The SMILES string of the molecule is Clc1ccc2c(Nc3ccccc3Cl)ncnc2c1. The van der Waals surface area contributed by atoms with Gasteiger partial charge in [0.2, 0.25) is 0 Å². The number of para-hydroxylation sites is 1. The third kappa shape index (κ3) is 2.48. The standard InChI is InChI=1S/C14H9Cl2N3/c15-9-5-6-10-13(7-9)17-8-18-14(10)19-12-4-2-1-3-11(12)16/h1-8H,(H,17,18,19). The van der Waals surface area contributed by atoms with Crippen molar-refractivity contribution in [2.45, 2.75) is 0 Å². The second-order valence-corrected chi connectivity index (χ2v) is 4.83. The number of nitrogens with zero attached hydrogens (tertiary/aromatic N) is 2. The fraction of sp³-hybridized carbons (Fsp3) is 0. The quantitative estimate of drug-likeness (QED) is 0.744. The number of nitrogens with one attached hydrogen (secondary N) is 1. The zero-order valence-corrected chi connectivity index (χ0v) is 11.3. The number of anilines is 2. The molecule has 3 nitrogen and oxygen atoms in total. The number of halogens is 2. The highest BCUT2D eigenvalue weighted by atomic mass is 35.5. The molecule has 0 aliphatic heterocycles. The van der Waals surface area contributed by atoms with Gasteiger partial charge in [0.05, 0.1) is 16.2 Å². The van der Waals surface area contributed by atoms with Crippen LogP contribution in [0.5, 0.6) is 0 Å². The van der Waals surface area contributed by atoms with Gasteiger partial charge in [-0.05, 0) is 30.3 Å². The average molecular weight is 290 g/mol. The van der Waals surface area contributed by atoms with E-state index in [-0.39, 0.29) is 0 Å². The maximum absolute atomic E-state index is 6.12. The molecule has 0 amide bonds. The van der Waals surface area contributed by atoms with Crippen LogP contribution in [0, 0.1) is 0 Å². The van der Waals surface area contributed by atoms with Gasteiger partial charge < -0.3 is 5.32 Å². The van der Waals surface area contributed by atoms with Crippen molar-refractivity contribution in [2.75, 3.05) is 5.32 Å². The molecule has 0 aliphatic rings. The number of rotatable bonds is 2. The van der Waals surface area contributed by atoms with E-state index < -0.39 is 0 Å². The predicted molar refractivity (Wildman–Crippen MR) is 79.3 cm³/mol. The maximum Gasteiger partial charge on any atom is 0.141 e. The maximum atomic E-state index is 6.12. The van der Waals surface area contributed by atoms with Crippen molar-refractivity contribution < 1.29 is 0 Å². The van der Waals surface area contributed by atoms with E-state index in [1.165, 1.54) is 6.33 Å². The first-order valence-electron chi connectivity index (χ1n) is 5.66. The number of benzene rings is 2. The lowest BCUT2D eigenvalue weighted by Crippen LogP contribution is -1.96. The topological polar surface area (TPSA) is 37.8 Å². The molecule has 0 radical (unpaired) electrons. The lowest BCUT2D eigenvalue weighted by atomic mass is 10.2. The summed E-state index contributed by atoms with van der Waals surface area (Å²) in [6.07, 6.45) is 1.50. The van der Waals surface area contributed by atoms with Crippen LogP contribution in [-0.2, 0) is 0 Å². The Balaban J connectivity index is 2.09. The lowest BCUT2D eigenvalue weighted by Gasteiger charge is -2.09. The van der Waals surface area contributed by atoms with E-state index in [2.05, 4.69) is 15.3 Å². The summed E-state index contributed by atoms with van der Waals surface area (Å²) in [5.74, 6) is 0.703. The summed E-state index contributed by atoms with van der Waals surface area (Å²) in [6.45, 7) is 0. The van der Waals surface area contributed by atoms with Crippen molar-refractivity contribution in [3.8, 4) is 0 Å². The summed E-state index contributed by atoms with van der Waals surface area (Å²) < 4.78 is 0. The number of hydrogen-bond acceptors (Lipinski definition) is 3. The van der Waals surface area contributed by atoms with Gasteiger partial charge in [0, 0.05) is 10.4 Å². The van der Waals surface area contributed by atoms with Crippen LogP contribution in [0.4, 0.5) is 11.5 Å². The summed E-state index contributed by atoms with van der Waals surface area (Å²) in [7, 11) is 0. The van der Waals surface area contributed by atoms with E-state index in [9.17, 15) is 0 Å². The van der Waals surface area contributed by atoms with Gasteiger partial charge in [-0.1, -0.05) is 35.3 Å². The van der Waals surface area contributed by atoms with E-state index in [1.54, 1.807) is 6.07 Å². The normalized spacial score (nSPS) is 10.6. The molecule has 0 atom stereocenters. The zero-order valence-electron chi connectivity index (χ0n) is 9.77. The molecular weight excluding hydrogens is 281 g/mol. The molecule has 3 rings (SSSR count). The van der Waals surface area contributed by atoms with Crippen LogP contribution in [0.15, 0.2) is 48.8 Å². The second-order valence-electron chi connectivity index (χ2n) is 3.99. The van der Waals surface area contributed by atoms with Crippen molar-refractivity contribution >= 4 is 45.6 Å². The first kappa shape index (κ1) is 12.2. The Morgan fingerprint density at radius 1 is 0.947 bits per heavy atom. The molecule has 2 aromatic carbocycles. The Labute approximate surface area is 120 Å². The molecule has 1 N–H and O–H groups in total. The smallest absolute Gasteiger partial charge is 0.141 e. The highest BCUT2D eigenvalue weighted by molar-refractivity contribution is 6.33. The summed E-state index contributed by atoms with van der Waals surface area (Å²) in [4.78, 5) is 8.45. The van der Waals surface area contributed by atoms with Crippen LogP contribution in [0.3, 0.4) is 0 Å². The highest BCUT2D eigenvalue weighted by Crippen LogP contribution is 2.28. The Morgan fingerprint density at radius 2 is 1.79 bits per heavy atom. The van der Waals surface area contributed by atoms with Gasteiger partial charge in [-0.15, -0.1) is 0 Å². The molecule has 0 aliphatic carbocycles. The van der Waals surface area contributed by atoms with E-state index >= 15 is 0 Å². The molecule has 0 saturated carbocycles. The molecular formula is C14H9Cl2N3. The summed E-state index contributed by atoms with van der Waals surface area (Å²) in [5, 5.41) is 5.39. The molecule has 0 saturated heterocycles. The summed E-state index contributed by atoms with van der Waals surface area (Å²) in [6, 6.07) is 13.0. The van der Waals surface area contributed by atoms with Crippen molar-refractivity contribution in [1.82, 2.24) is 9.97 Å². The first-order chi connectivity index (χ1) is 9.24. The molecule has 19 heavy (non-hydrogen) atoms. The molecule has 0 unspecified atom stereocenters. The molecule has 3 aromatic rings. The van der Waals surface area contributed by atoms with Crippen LogP contribution in [0.2, 0.25) is 10.0 Å². The van der Waals surface area contributed by atoms with E-state index in [0.717, 1.165) is 16.6 Å². The van der Waals surface area contributed by atoms with E-state index in [0.29, 0.717) is 15.9 Å². The third-order valence-electron chi connectivity index (χ3n) is 2.73. The van der Waals surface area contributed by atoms with Crippen LogP contribution in [0.1, 0.15) is 0 Å². The molecule has 0 bridgehead atoms. The minimum absolute atomic E-state index is 0.642. The van der Waals surface area contributed by atoms with E-state index in [4.69, 9.17) is 23.2 Å². The Kier molecular flexibility index (Phi) is 3.23. The van der Waals surface area contributed by atoms with Crippen LogP contribution in [0.25, 0.3) is 10.9 Å². The van der Waals surface area contributed by atoms with Crippen molar-refractivity contribution in [3.05, 3.63) is 58.8 Å². The van der Waals surface area contributed by atoms with Gasteiger partial charge in [-0.25, -0.2) is 9.97 Å². The van der Waals surface area contributed by atoms with Gasteiger partial charge >= 0.3 is 0 Å². The van der Waals surface area contributed by atoms with Gasteiger partial charge in [0.1, 0.15) is 12.1 Å². The molecule has 0 fully saturated rings. The minimum Gasteiger partial charge on any atom is -0.338 e. The number of aromatic nitrogens is 2. The summed E-state index contributed by atoms with van der Waals surface area (Å²) >= 11 is 12.1. The van der Waals surface area contributed by atoms with Crippen LogP contribution >= 0.6 is 23.2 Å². The largest absolute Gasteiger partial charge is 0.338 e. The van der Waals surface area contributed by atoms with Gasteiger partial charge in [-0.3, -0.25) is 0 Å². The van der Waals surface area contributed by atoms with Crippen LogP contribution in [-0.4, -0.2) is 9.97 Å². The van der Waals surface area contributed by atoms with Crippen molar-refractivity contribution in [2.24, 2.45) is 0 Å². The van der Waals surface area contributed by atoms with E-state index in [1.807, 2.05) is 36.4 Å². The fourth-order valence-corrected chi connectivity index (χ4v) is 2.17. The van der Waals surface area contributed by atoms with Crippen LogP contribution < -0.4 is 5.32 Å².